The predicted molar refractivity (Wildman–Crippen MR) is 92.7 cm³/mol. The zero-order chi connectivity index (χ0) is 15.3. The van der Waals surface area contributed by atoms with E-state index in [4.69, 9.17) is 0 Å². The maximum Gasteiger partial charge on any atom is 0.0309 e. The summed E-state index contributed by atoms with van der Waals surface area (Å²) >= 11 is 0. The average Bonchev–Trinajstić information content (AvgIpc) is 2.42. The van der Waals surface area contributed by atoms with E-state index in [2.05, 4.69) is 37.9 Å². The number of nitrogens with one attached hydrogen (secondary N) is 1. The molecule has 2 aliphatic rings. The normalized spacial score (nSPS) is 26.9. The molecule has 2 rings (SSSR count). The molecule has 124 valence electrons. The van der Waals surface area contributed by atoms with Crippen LogP contribution in [0.1, 0.15) is 79.1 Å². The van der Waals surface area contributed by atoms with Crippen molar-refractivity contribution >= 4 is 0 Å². The second-order valence-corrected chi connectivity index (χ2v) is 8.51. The van der Waals surface area contributed by atoms with Crippen LogP contribution in [-0.4, -0.2) is 36.1 Å². The summed E-state index contributed by atoms with van der Waals surface area (Å²) in [6.07, 6.45) is 11.2. The van der Waals surface area contributed by atoms with Crippen LogP contribution in [0, 0.1) is 11.8 Å². The monoisotopic (exact) mass is 294 g/mol. The van der Waals surface area contributed by atoms with Gasteiger partial charge in [-0.3, -0.25) is 4.90 Å². The molecular formula is C19H38N2. The molecule has 2 fully saturated rings. The Morgan fingerprint density at radius 1 is 1.05 bits per heavy atom. The summed E-state index contributed by atoms with van der Waals surface area (Å²) in [5, 5.41) is 3.98. The molecule has 0 aromatic rings. The maximum absolute atomic E-state index is 3.98. The summed E-state index contributed by atoms with van der Waals surface area (Å²) < 4.78 is 0. The van der Waals surface area contributed by atoms with Gasteiger partial charge < -0.3 is 5.32 Å². The Bertz CT molecular complexity index is 292. The lowest BCUT2D eigenvalue weighted by Crippen LogP contribution is -2.65. The van der Waals surface area contributed by atoms with Crippen molar-refractivity contribution in [3.05, 3.63) is 0 Å². The van der Waals surface area contributed by atoms with Gasteiger partial charge >= 0.3 is 0 Å². The van der Waals surface area contributed by atoms with Gasteiger partial charge in [0, 0.05) is 24.7 Å². The van der Waals surface area contributed by atoms with E-state index in [1.807, 2.05) is 0 Å². The van der Waals surface area contributed by atoms with Crippen molar-refractivity contribution < 1.29 is 0 Å². The zero-order valence-electron chi connectivity index (χ0n) is 15.0. The lowest BCUT2D eigenvalue weighted by Gasteiger charge is -2.50. The first-order valence-electron chi connectivity index (χ1n) is 9.50. The van der Waals surface area contributed by atoms with E-state index >= 15 is 0 Å². The van der Waals surface area contributed by atoms with Gasteiger partial charge in [-0.05, 0) is 50.5 Å². The van der Waals surface area contributed by atoms with Crippen LogP contribution < -0.4 is 5.32 Å². The van der Waals surface area contributed by atoms with E-state index in [0.717, 1.165) is 17.9 Å². The molecule has 1 saturated heterocycles. The second kappa shape index (κ2) is 7.97. The van der Waals surface area contributed by atoms with E-state index in [1.54, 1.807) is 0 Å². The van der Waals surface area contributed by atoms with Gasteiger partial charge in [0.1, 0.15) is 0 Å². The SMILES string of the molecule is CC(C)CCCN1CC2(CCCCC2)NCC1CC(C)C. The highest BCUT2D eigenvalue weighted by Gasteiger charge is 2.39. The van der Waals surface area contributed by atoms with Crippen LogP contribution in [0.5, 0.6) is 0 Å². The second-order valence-electron chi connectivity index (χ2n) is 8.51. The van der Waals surface area contributed by atoms with Gasteiger partial charge in [-0.1, -0.05) is 47.0 Å². The molecule has 1 saturated carbocycles. The molecule has 2 heteroatoms. The minimum Gasteiger partial charge on any atom is -0.308 e. The third-order valence-corrected chi connectivity index (χ3v) is 5.52. The van der Waals surface area contributed by atoms with Crippen molar-refractivity contribution in [2.75, 3.05) is 19.6 Å². The lowest BCUT2D eigenvalue weighted by molar-refractivity contribution is 0.0453. The third kappa shape index (κ3) is 5.25. The quantitative estimate of drug-likeness (QED) is 0.779. The van der Waals surface area contributed by atoms with E-state index in [1.165, 1.54) is 71.0 Å². The molecule has 1 unspecified atom stereocenters. The molecule has 0 aromatic carbocycles. The highest BCUT2D eigenvalue weighted by molar-refractivity contribution is 4.99. The van der Waals surface area contributed by atoms with Crippen LogP contribution in [0.4, 0.5) is 0 Å². The standard InChI is InChI=1S/C19H38N2/c1-16(2)9-8-12-21-15-19(10-6-5-7-11-19)20-14-18(21)13-17(3)4/h16-18,20H,5-15H2,1-4H3. The summed E-state index contributed by atoms with van der Waals surface area (Å²) in [6, 6.07) is 0.768. The van der Waals surface area contributed by atoms with Gasteiger partial charge in [-0.2, -0.15) is 0 Å². The van der Waals surface area contributed by atoms with Gasteiger partial charge in [0.2, 0.25) is 0 Å². The summed E-state index contributed by atoms with van der Waals surface area (Å²) in [5.74, 6) is 1.66. The number of hydrogen-bond donors (Lipinski definition) is 1. The Morgan fingerprint density at radius 3 is 2.38 bits per heavy atom. The fourth-order valence-corrected chi connectivity index (χ4v) is 4.34. The van der Waals surface area contributed by atoms with Crippen LogP contribution in [0.15, 0.2) is 0 Å². The molecule has 0 aromatic heterocycles. The zero-order valence-corrected chi connectivity index (χ0v) is 15.0. The fraction of sp³-hybridized carbons (Fsp3) is 1.00. The van der Waals surface area contributed by atoms with Crippen LogP contribution >= 0.6 is 0 Å². The van der Waals surface area contributed by atoms with Gasteiger partial charge in [0.05, 0.1) is 0 Å². The minimum absolute atomic E-state index is 0.462. The predicted octanol–water partition coefficient (Wildman–Crippen LogP) is 4.45. The molecule has 2 nitrogen and oxygen atoms in total. The average molecular weight is 295 g/mol. The molecular weight excluding hydrogens is 256 g/mol. The molecule has 1 atom stereocenters. The van der Waals surface area contributed by atoms with E-state index < -0.39 is 0 Å². The van der Waals surface area contributed by atoms with Gasteiger partial charge in [0.25, 0.3) is 0 Å². The smallest absolute Gasteiger partial charge is 0.0309 e. The van der Waals surface area contributed by atoms with Gasteiger partial charge in [-0.25, -0.2) is 0 Å². The van der Waals surface area contributed by atoms with Crippen molar-refractivity contribution in [1.82, 2.24) is 10.2 Å². The highest BCUT2D eigenvalue weighted by atomic mass is 15.3. The van der Waals surface area contributed by atoms with Crippen LogP contribution in [-0.2, 0) is 0 Å². The first-order chi connectivity index (χ1) is 10.0. The largest absolute Gasteiger partial charge is 0.308 e. The van der Waals surface area contributed by atoms with E-state index in [-0.39, 0.29) is 0 Å². The Morgan fingerprint density at radius 2 is 1.76 bits per heavy atom. The summed E-state index contributed by atoms with van der Waals surface area (Å²) in [6.45, 7) is 13.3. The van der Waals surface area contributed by atoms with E-state index in [0.29, 0.717) is 5.54 Å². The van der Waals surface area contributed by atoms with Crippen molar-refractivity contribution in [1.29, 1.82) is 0 Å². The number of piperazine rings is 1. The van der Waals surface area contributed by atoms with Crippen molar-refractivity contribution in [3.8, 4) is 0 Å². The number of rotatable bonds is 6. The molecule has 1 spiro atoms. The molecule has 1 aliphatic carbocycles. The molecule has 1 heterocycles. The number of hydrogen-bond acceptors (Lipinski definition) is 2. The van der Waals surface area contributed by atoms with Gasteiger partial charge in [0.15, 0.2) is 0 Å². The van der Waals surface area contributed by atoms with Crippen molar-refractivity contribution in [2.24, 2.45) is 11.8 Å². The molecule has 0 amide bonds. The summed E-state index contributed by atoms with van der Waals surface area (Å²) in [7, 11) is 0. The minimum atomic E-state index is 0.462. The highest BCUT2D eigenvalue weighted by Crippen LogP contribution is 2.33. The maximum atomic E-state index is 3.98. The summed E-state index contributed by atoms with van der Waals surface area (Å²) in [4.78, 5) is 2.85. The number of nitrogens with zero attached hydrogens (tertiary/aromatic N) is 1. The van der Waals surface area contributed by atoms with Crippen molar-refractivity contribution in [2.45, 2.75) is 90.6 Å². The fourth-order valence-electron chi connectivity index (χ4n) is 4.34. The molecule has 0 radical (unpaired) electrons. The molecule has 21 heavy (non-hydrogen) atoms. The van der Waals surface area contributed by atoms with Crippen LogP contribution in [0.2, 0.25) is 0 Å². The third-order valence-electron chi connectivity index (χ3n) is 5.52. The lowest BCUT2D eigenvalue weighted by atomic mass is 9.78. The first kappa shape index (κ1) is 17.3. The summed E-state index contributed by atoms with van der Waals surface area (Å²) in [5.41, 5.74) is 0.462. The molecule has 1 N–H and O–H groups in total. The Balaban J connectivity index is 1.93. The first-order valence-corrected chi connectivity index (χ1v) is 9.50. The molecule has 1 aliphatic heterocycles. The topological polar surface area (TPSA) is 15.3 Å². The van der Waals surface area contributed by atoms with Crippen LogP contribution in [0.25, 0.3) is 0 Å². The van der Waals surface area contributed by atoms with E-state index in [9.17, 15) is 0 Å². The molecule has 0 bridgehead atoms. The Kier molecular flexibility index (Phi) is 6.55. The van der Waals surface area contributed by atoms with Crippen molar-refractivity contribution in [3.63, 3.8) is 0 Å². The van der Waals surface area contributed by atoms with Crippen LogP contribution in [0.3, 0.4) is 0 Å². The Hall–Kier alpha value is -0.0800. The Labute approximate surface area is 133 Å². The van der Waals surface area contributed by atoms with Gasteiger partial charge in [-0.15, -0.1) is 0 Å².